The molecule has 6 nitrogen and oxygen atoms in total. The highest BCUT2D eigenvalue weighted by Crippen LogP contribution is 2.26. The lowest BCUT2D eigenvalue weighted by atomic mass is 10.2. The van der Waals surface area contributed by atoms with Crippen LogP contribution in [0.4, 0.5) is 0 Å². The van der Waals surface area contributed by atoms with Crippen LogP contribution in [0, 0.1) is 0 Å². The second-order valence-electron chi connectivity index (χ2n) is 4.85. The maximum Gasteiger partial charge on any atom is 0.266 e. The van der Waals surface area contributed by atoms with E-state index in [0.29, 0.717) is 20.5 Å². The lowest BCUT2D eigenvalue weighted by molar-refractivity contribution is 0.103. The third kappa shape index (κ3) is 3.31. The molecule has 0 atom stereocenters. The monoisotopic (exact) mass is 343 g/mol. The lowest BCUT2D eigenvalue weighted by Crippen LogP contribution is -2.19. The van der Waals surface area contributed by atoms with Crippen molar-refractivity contribution in [1.29, 1.82) is 0 Å². The SMILES string of the molecule is COc1ccc(C=c2sc(=CC(=O)c3ccco3)[nH]c2=O)cc1O. The Morgan fingerprint density at radius 1 is 1.38 bits per heavy atom. The largest absolute Gasteiger partial charge is 0.504 e. The number of phenols is 1. The minimum atomic E-state index is -0.328. The normalized spacial score (nSPS) is 12.5. The van der Waals surface area contributed by atoms with Gasteiger partial charge >= 0.3 is 0 Å². The molecule has 0 amide bonds. The van der Waals surface area contributed by atoms with Gasteiger partial charge in [0.05, 0.1) is 22.6 Å². The van der Waals surface area contributed by atoms with Crippen molar-refractivity contribution in [3.8, 4) is 11.5 Å². The number of hydrogen-bond donors (Lipinski definition) is 2. The van der Waals surface area contributed by atoms with Gasteiger partial charge in [0.2, 0.25) is 5.78 Å². The van der Waals surface area contributed by atoms with Crippen LogP contribution in [0.2, 0.25) is 0 Å². The van der Waals surface area contributed by atoms with Crippen molar-refractivity contribution in [1.82, 2.24) is 4.98 Å². The van der Waals surface area contributed by atoms with Crippen molar-refractivity contribution in [2.45, 2.75) is 0 Å². The lowest BCUT2D eigenvalue weighted by Gasteiger charge is -2.02. The maximum atomic E-state index is 12.0. The van der Waals surface area contributed by atoms with Gasteiger partial charge in [-0.25, -0.2) is 0 Å². The first-order chi connectivity index (χ1) is 11.6. The first-order valence-electron chi connectivity index (χ1n) is 6.94. The van der Waals surface area contributed by atoms with Crippen LogP contribution in [-0.4, -0.2) is 23.0 Å². The smallest absolute Gasteiger partial charge is 0.266 e. The quantitative estimate of drug-likeness (QED) is 0.695. The van der Waals surface area contributed by atoms with Gasteiger partial charge in [-0.1, -0.05) is 6.07 Å². The predicted molar refractivity (Wildman–Crippen MR) is 89.9 cm³/mol. The molecule has 0 saturated carbocycles. The van der Waals surface area contributed by atoms with Gasteiger partial charge in [-0.15, -0.1) is 11.3 Å². The standard InChI is InChI=1S/C17H13NO5S/c1-22-13-5-4-10(7-11(13)19)8-15-17(21)18-16(24-15)9-12(20)14-3-2-6-23-14/h2-9,19H,1H3,(H,18,21). The molecule has 0 saturated heterocycles. The predicted octanol–water partition coefficient (Wildman–Crippen LogP) is 1.24. The van der Waals surface area contributed by atoms with E-state index < -0.39 is 0 Å². The number of H-pyrrole nitrogens is 1. The third-order valence-electron chi connectivity index (χ3n) is 3.21. The van der Waals surface area contributed by atoms with Crippen molar-refractivity contribution in [3.63, 3.8) is 0 Å². The topological polar surface area (TPSA) is 92.5 Å². The summed E-state index contributed by atoms with van der Waals surface area (Å²) in [6.45, 7) is 0. The molecule has 2 N–H and O–H groups in total. The number of aromatic hydroxyl groups is 1. The number of methoxy groups -OCH3 is 1. The molecule has 7 heteroatoms. The Morgan fingerprint density at radius 2 is 2.21 bits per heavy atom. The van der Waals surface area contributed by atoms with E-state index in [2.05, 4.69) is 4.98 Å². The number of furan rings is 1. The number of rotatable bonds is 4. The fourth-order valence-electron chi connectivity index (χ4n) is 2.08. The summed E-state index contributed by atoms with van der Waals surface area (Å²) in [7, 11) is 1.46. The number of aromatic amines is 1. The zero-order valence-electron chi connectivity index (χ0n) is 12.6. The average molecular weight is 343 g/mol. The minimum absolute atomic E-state index is 0.0148. The number of carbonyl (C=O) groups excluding carboxylic acids is 1. The van der Waals surface area contributed by atoms with Gasteiger partial charge in [-0.3, -0.25) is 9.59 Å². The average Bonchev–Trinajstić information content (AvgIpc) is 3.18. The molecule has 0 aliphatic rings. The summed E-state index contributed by atoms with van der Waals surface area (Å²) in [4.78, 5) is 26.6. The zero-order valence-corrected chi connectivity index (χ0v) is 13.4. The molecule has 0 radical (unpaired) electrons. The second kappa shape index (κ2) is 6.59. The van der Waals surface area contributed by atoms with Gasteiger partial charge in [0.15, 0.2) is 17.3 Å². The summed E-state index contributed by atoms with van der Waals surface area (Å²) in [5.74, 6) is 0.213. The fourth-order valence-corrected chi connectivity index (χ4v) is 2.97. The Labute approximate surface area is 140 Å². The van der Waals surface area contributed by atoms with Gasteiger partial charge in [0.25, 0.3) is 5.56 Å². The Balaban J connectivity index is 1.98. The first kappa shape index (κ1) is 15.8. The number of benzene rings is 1. The third-order valence-corrected chi connectivity index (χ3v) is 4.17. The van der Waals surface area contributed by atoms with Crippen molar-refractivity contribution >= 4 is 29.3 Å². The number of hydrogen-bond acceptors (Lipinski definition) is 6. The van der Waals surface area contributed by atoms with Crippen LogP contribution in [0.15, 0.2) is 45.8 Å². The van der Waals surface area contributed by atoms with Crippen molar-refractivity contribution in [2.24, 2.45) is 0 Å². The molecule has 0 fully saturated rings. The summed E-state index contributed by atoms with van der Waals surface area (Å²) in [6.07, 6.45) is 4.35. The maximum absolute atomic E-state index is 12.0. The van der Waals surface area contributed by atoms with Crippen LogP contribution in [0.3, 0.4) is 0 Å². The number of phenolic OH excluding ortho intramolecular Hbond substituents is 1. The molecular weight excluding hydrogens is 330 g/mol. The molecule has 2 aromatic heterocycles. The van der Waals surface area contributed by atoms with Crippen LogP contribution in [0.1, 0.15) is 16.1 Å². The van der Waals surface area contributed by atoms with E-state index in [4.69, 9.17) is 9.15 Å². The molecular formula is C17H13NO5S. The van der Waals surface area contributed by atoms with E-state index in [1.165, 1.54) is 25.5 Å². The Hall–Kier alpha value is -3.06. The molecule has 122 valence electrons. The number of nitrogens with one attached hydrogen (secondary N) is 1. The molecule has 24 heavy (non-hydrogen) atoms. The molecule has 0 bridgehead atoms. The van der Waals surface area contributed by atoms with Gasteiger partial charge in [-0.2, -0.15) is 0 Å². The molecule has 0 unspecified atom stereocenters. The summed E-state index contributed by atoms with van der Waals surface area (Å²) in [6, 6.07) is 7.99. The summed E-state index contributed by atoms with van der Waals surface area (Å²) < 4.78 is 10.8. The highest BCUT2D eigenvalue weighted by molar-refractivity contribution is 7.07. The van der Waals surface area contributed by atoms with Gasteiger partial charge in [0.1, 0.15) is 0 Å². The van der Waals surface area contributed by atoms with Crippen LogP contribution in [0.25, 0.3) is 12.2 Å². The zero-order chi connectivity index (χ0) is 17.1. The molecule has 3 aromatic rings. The Bertz CT molecular complexity index is 1040. The molecule has 0 aliphatic heterocycles. The van der Waals surface area contributed by atoms with Crippen LogP contribution in [-0.2, 0) is 0 Å². The summed E-state index contributed by atoms with van der Waals surface area (Å²) in [5.41, 5.74) is 0.332. The number of aromatic nitrogens is 1. The van der Waals surface area contributed by atoms with Crippen molar-refractivity contribution in [3.05, 3.63) is 67.5 Å². The summed E-state index contributed by atoms with van der Waals surface area (Å²) in [5, 5.41) is 9.78. The Kier molecular flexibility index (Phi) is 4.35. The molecule has 1 aromatic carbocycles. The van der Waals surface area contributed by atoms with E-state index in [1.54, 1.807) is 30.3 Å². The number of Topliss-reactive ketones (excluding diaryl/α,β-unsaturated/α-hetero) is 1. The van der Waals surface area contributed by atoms with Crippen LogP contribution < -0.4 is 19.5 Å². The van der Waals surface area contributed by atoms with E-state index in [-0.39, 0.29) is 22.9 Å². The number of thiazole rings is 1. The molecule has 0 aliphatic carbocycles. The highest BCUT2D eigenvalue weighted by Gasteiger charge is 2.06. The highest BCUT2D eigenvalue weighted by atomic mass is 32.1. The number of carbonyl (C=O) groups is 1. The molecule has 0 spiro atoms. The molecule has 3 rings (SSSR count). The fraction of sp³-hybridized carbons (Fsp3) is 0.0588. The van der Waals surface area contributed by atoms with Gasteiger partial charge < -0.3 is 19.2 Å². The number of ketones is 1. The van der Waals surface area contributed by atoms with E-state index in [9.17, 15) is 14.7 Å². The van der Waals surface area contributed by atoms with E-state index >= 15 is 0 Å². The molecule has 2 heterocycles. The second-order valence-corrected chi connectivity index (χ2v) is 5.93. The van der Waals surface area contributed by atoms with Gasteiger partial charge in [0, 0.05) is 6.08 Å². The van der Waals surface area contributed by atoms with Crippen molar-refractivity contribution in [2.75, 3.05) is 7.11 Å². The minimum Gasteiger partial charge on any atom is -0.504 e. The summed E-state index contributed by atoms with van der Waals surface area (Å²) >= 11 is 1.14. The van der Waals surface area contributed by atoms with E-state index in [1.807, 2.05) is 0 Å². The number of ether oxygens (including phenoxy) is 1. The first-order valence-corrected chi connectivity index (χ1v) is 7.76. The van der Waals surface area contributed by atoms with Crippen molar-refractivity contribution < 1.29 is 19.1 Å². The van der Waals surface area contributed by atoms with Gasteiger partial charge in [-0.05, 0) is 35.9 Å². The van der Waals surface area contributed by atoms with Crippen LogP contribution >= 0.6 is 11.3 Å². The van der Waals surface area contributed by atoms with E-state index in [0.717, 1.165) is 11.3 Å². The Morgan fingerprint density at radius 3 is 2.88 bits per heavy atom. The van der Waals surface area contributed by atoms with Crippen LogP contribution in [0.5, 0.6) is 11.5 Å².